The summed E-state index contributed by atoms with van der Waals surface area (Å²) >= 11 is 0. The Kier molecular flexibility index (Phi) is 6.46. The number of ether oxygens (including phenoxy) is 4. The molecule has 0 saturated heterocycles. The van der Waals surface area contributed by atoms with Gasteiger partial charge in [-0.2, -0.15) is 0 Å². The molecule has 0 saturated carbocycles. The first-order chi connectivity index (χ1) is 17.7. The summed E-state index contributed by atoms with van der Waals surface area (Å²) in [6.07, 6.45) is 1.83. The molecular formula is C31H33NO5. The minimum Gasteiger partial charge on any atom is -0.493 e. The molecule has 2 aliphatic rings. The largest absolute Gasteiger partial charge is 0.493 e. The lowest BCUT2D eigenvalue weighted by molar-refractivity contribution is 0.0871. The van der Waals surface area contributed by atoms with E-state index in [1.54, 1.807) is 14.2 Å². The summed E-state index contributed by atoms with van der Waals surface area (Å²) in [5, 5.41) is 0. The number of rotatable bonds is 5. The first kappa shape index (κ1) is 24.9. The lowest BCUT2D eigenvalue weighted by Gasteiger charge is -2.30. The van der Waals surface area contributed by atoms with Crippen molar-refractivity contribution in [2.45, 2.75) is 46.2 Å². The molecule has 0 N–H and O–H groups in total. The molecule has 37 heavy (non-hydrogen) atoms. The molecule has 5 rings (SSSR count). The van der Waals surface area contributed by atoms with Gasteiger partial charge in [-0.15, -0.1) is 0 Å². The topological polar surface area (TPSA) is 57.2 Å². The molecule has 3 aromatic rings. The van der Waals surface area contributed by atoms with Crippen LogP contribution in [0.15, 0.2) is 54.3 Å². The highest BCUT2D eigenvalue weighted by atomic mass is 16.5. The molecule has 6 heteroatoms. The Morgan fingerprint density at radius 1 is 1.00 bits per heavy atom. The van der Waals surface area contributed by atoms with Crippen molar-refractivity contribution in [1.29, 1.82) is 0 Å². The van der Waals surface area contributed by atoms with Crippen LogP contribution in [0.5, 0.6) is 23.0 Å². The number of ketones is 1. The van der Waals surface area contributed by atoms with Crippen molar-refractivity contribution in [3.05, 3.63) is 87.7 Å². The van der Waals surface area contributed by atoms with E-state index in [1.807, 2.05) is 49.4 Å². The van der Waals surface area contributed by atoms with Crippen LogP contribution >= 0.6 is 0 Å². The number of benzene rings is 3. The van der Waals surface area contributed by atoms with Gasteiger partial charge in [0.05, 0.1) is 25.3 Å². The average molecular weight is 500 g/mol. The number of Topliss-reactive ketones (excluding diaryl/α,β-unsaturated/α-hetero) is 1. The Bertz CT molecular complexity index is 1380. The molecule has 2 heterocycles. The van der Waals surface area contributed by atoms with Crippen LogP contribution in [0.25, 0.3) is 6.08 Å². The van der Waals surface area contributed by atoms with E-state index in [4.69, 9.17) is 18.9 Å². The van der Waals surface area contributed by atoms with E-state index in [-0.39, 0.29) is 11.2 Å². The summed E-state index contributed by atoms with van der Waals surface area (Å²) in [5.74, 6) is 3.00. The van der Waals surface area contributed by atoms with Crippen LogP contribution in [0.1, 0.15) is 58.9 Å². The molecule has 0 aliphatic carbocycles. The second kappa shape index (κ2) is 9.60. The summed E-state index contributed by atoms with van der Waals surface area (Å²) in [5.41, 5.74) is 5.69. The van der Waals surface area contributed by atoms with Gasteiger partial charge in [-0.25, -0.2) is 0 Å². The van der Waals surface area contributed by atoms with E-state index < -0.39 is 0 Å². The number of hydrogen-bond donors (Lipinski definition) is 0. The minimum absolute atomic E-state index is 0.0700. The zero-order valence-electron chi connectivity index (χ0n) is 22.3. The molecule has 0 unspecified atom stereocenters. The highest BCUT2D eigenvalue weighted by molar-refractivity contribution is 6.15. The Hall–Kier alpha value is -3.77. The second-order valence-corrected chi connectivity index (χ2v) is 10.6. The van der Waals surface area contributed by atoms with E-state index in [0.717, 1.165) is 28.0 Å². The van der Waals surface area contributed by atoms with E-state index in [1.165, 1.54) is 5.56 Å². The maximum absolute atomic E-state index is 13.4. The van der Waals surface area contributed by atoms with Gasteiger partial charge in [0, 0.05) is 13.1 Å². The summed E-state index contributed by atoms with van der Waals surface area (Å²) < 4.78 is 23.2. The number of methoxy groups -OCH3 is 2. The van der Waals surface area contributed by atoms with Crippen LogP contribution in [-0.2, 0) is 18.5 Å². The molecule has 0 amide bonds. The number of carbonyl (C=O) groups is 1. The van der Waals surface area contributed by atoms with Gasteiger partial charge in [-0.3, -0.25) is 9.69 Å². The fraction of sp³-hybridized carbons (Fsp3) is 0.323. The van der Waals surface area contributed by atoms with Crippen LogP contribution < -0.4 is 18.9 Å². The molecule has 0 fully saturated rings. The van der Waals surface area contributed by atoms with Crippen molar-refractivity contribution < 1.29 is 23.7 Å². The first-order valence-corrected chi connectivity index (χ1v) is 12.4. The van der Waals surface area contributed by atoms with Gasteiger partial charge in [0.1, 0.15) is 18.2 Å². The Balaban J connectivity index is 1.40. The zero-order chi connectivity index (χ0) is 26.3. The smallest absolute Gasteiger partial charge is 0.232 e. The predicted molar refractivity (Wildman–Crippen MR) is 144 cm³/mol. The molecule has 0 bridgehead atoms. The maximum Gasteiger partial charge on any atom is 0.232 e. The third-order valence-electron chi connectivity index (χ3n) is 6.92. The Labute approximate surface area is 218 Å². The molecular weight excluding hydrogens is 466 g/mol. The molecule has 0 atom stereocenters. The van der Waals surface area contributed by atoms with Gasteiger partial charge in [0.25, 0.3) is 0 Å². The fourth-order valence-corrected chi connectivity index (χ4v) is 4.85. The standard InChI is InChI=1S/C31H33NO5/c1-19-13-25-23(17-32(18-36-25)16-21-9-12-24(34-5)26(15-21)35-6)30-28(19)29(33)27(37-30)14-20-7-10-22(11-8-20)31(2,3)4/h7-15H,16-18H2,1-6H3/b27-14-. The van der Waals surface area contributed by atoms with Gasteiger partial charge in [-0.1, -0.05) is 51.1 Å². The summed E-state index contributed by atoms with van der Waals surface area (Å²) in [4.78, 5) is 15.5. The number of nitrogens with zero attached hydrogens (tertiary/aromatic N) is 1. The third kappa shape index (κ3) is 4.81. The zero-order valence-corrected chi connectivity index (χ0v) is 22.3. The maximum atomic E-state index is 13.4. The number of aryl methyl sites for hydroxylation is 1. The van der Waals surface area contributed by atoms with Crippen molar-refractivity contribution in [3.8, 4) is 23.0 Å². The summed E-state index contributed by atoms with van der Waals surface area (Å²) in [6.45, 7) is 10.2. The number of fused-ring (bicyclic) bond motifs is 3. The Morgan fingerprint density at radius 2 is 1.73 bits per heavy atom. The predicted octanol–water partition coefficient (Wildman–Crippen LogP) is 6.28. The van der Waals surface area contributed by atoms with Crippen molar-refractivity contribution in [2.24, 2.45) is 0 Å². The normalized spacial score (nSPS) is 16.2. The average Bonchev–Trinajstić information content (AvgIpc) is 3.20. The van der Waals surface area contributed by atoms with E-state index in [2.05, 4.69) is 37.8 Å². The lowest BCUT2D eigenvalue weighted by Crippen LogP contribution is -2.31. The molecule has 0 spiro atoms. The Morgan fingerprint density at radius 3 is 2.41 bits per heavy atom. The highest BCUT2D eigenvalue weighted by Crippen LogP contribution is 2.44. The number of hydrogen-bond acceptors (Lipinski definition) is 6. The van der Waals surface area contributed by atoms with Crippen LogP contribution in [0.2, 0.25) is 0 Å². The highest BCUT2D eigenvalue weighted by Gasteiger charge is 2.35. The SMILES string of the molecule is COc1ccc(CN2COc3cc(C)c4c(c3C2)O/C(=C\c2ccc(C(C)(C)C)cc2)C4=O)cc1OC. The van der Waals surface area contributed by atoms with Crippen molar-refractivity contribution in [3.63, 3.8) is 0 Å². The van der Waals surface area contributed by atoms with Gasteiger partial charge in [-0.05, 0) is 58.9 Å². The van der Waals surface area contributed by atoms with Crippen molar-refractivity contribution >= 4 is 11.9 Å². The second-order valence-electron chi connectivity index (χ2n) is 10.6. The molecule has 0 radical (unpaired) electrons. The molecule has 0 aromatic heterocycles. The molecule has 3 aromatic carbocycles. The molecule has 192 valence electrons. The van der Waals surface area contributed by atoms with Crippen LogP contribution in [0.3, 0.4) is 0 Å². The summed E-state index contributed by atoms with van der Waals surface area (Å²) in [6, 6.07) is 16.1. The van der Waals surface area contributed by atoms with Crippen LogP contribution in [0.4, 0.5) is 0 Å². The van der Waals surface area contributed by atoms with Gasteiger partial charge < -0.3 is 18.9 Å². The molecule has 2 aliphatic heterocycles. The number of allylic oxidation sites excluding steroid dienone is 1. The van der Waals surface area contributed by atoms with Crippen molar-refractivity contribution in [1.82, 2.24) is 4.90 Å². The van der Waals surface area contributed by atoms with Gasteiger partial charge >= 0.3 is 0 Å². The third-order valence-corrected chi connectivity index (χ3v) is 6.92. The van der Waals surface area contributed by atoms with Gasteiger partial charge in [0.15, 0.2) is 17.3 Å². The number of carbonyl (C=O) groups excluding carboxylic acids is 1. The van der Waals surface area contributed by atoms with Crippen molar-refractivity contribution in [2.75, 3.05) is 21.0 Å². The van der Waals surface area contributed by atoms with Crippen LogP contribution in [-0.4, -0.2) is 31.6 Å². The lowest BCUT2D eigenvalue weighted by atomic mass is 9.86. The fourth-order valence-electron chi connectivity index (χ4n) is 4.85. The minimum atomic E-state index is -0.0905. The van der Waals surface area contributed by atoms with Gasteiger partial charge in [0.2, 0.25) is 5.78 Å². The van der Waals surface area contributed by atoms with E-state index in [9.17, 15) is 4.79 Å². The summed E-state index contributed by atoms with van der Waals surface area (Å²) in [7, 11) is 3.26. The van der Waals surface area contributed by atoms with E-state index in [0.29, 0.717) is 48.4 Å². The quantitative estimate of drug-likeness (QED) is 0.385. The first-order valence-electron chi connectivity index (χ1n) is 12.4. The van der Waals surface area contributed by atoms with Crippen LogP contribution in [0, 0.1) is 6.92 Å². The monoisotopic (exact) mass is 499 g/mol. The van der Waals surface area contributed by atoms with E-state index >= 15 is 0 Å². The molecule has 6 nitrogen and oxygen atoms in total.